The van der Waals surface area contributed by atoms with Gasteiger partial charge >= 0.3 is 11.8 Å². The molecule has 2 aromatic rings. The molecule has 0 saturated carbocycles. The van der Waals surface area contributed by atoms with Crippen LogP contribution < -0.4 is 15.5 Å². The second-order valence-electron chi connectivity index (χ2n) is 6.07. The van der Waals surface area contributed by atoms with Crippen molar-refractivity contribution in [3.63, 3.8) is 0 Å². The maximum absolute atomic E-state index is 13.5. The van der Waals surface area contributed by atoms with Gasteiger partial charge in [-0.15, -0.1) is 0 Å². The lowest BCUT2D eigenvalue weighted by Crippen LogP contribution is -2.29. The van der Waals surface area contributed by atoms with Gasteiger partial charge in [0.1, 0.15) is 5.82 Å². The Morgan fingerprint density at radius 3 is 2.19 bits per heavy atom. The van der Waals surface area contributed by atoms with Crippen molar-refractivity contribution in [3.05, 3.63) is 53.8 Å². The maximum atomic E-state index is 13.5. The van der Waals surface area contributed by atoms with Crippen LogP contribution in [0.1, 0.15) is 18.4 Å². The number of nitrogens with one attached hydrogen (secondary N) is 2. The van der Waals surface area contributed by atoms with Crippen molar-refractivity contribution in [2.45, 2.75) is 19.8 Å². The molecule has 2 N–H and O–H groups in total. The summed E-state index contributed by atoms with van der Waals surface area (Å²) < 4.78 is 13.5. The number of halogens is 1. The summed E-state index contributed by atoms with van der Waals surface area (Å²) >= 11 is 0. The van der Waals surface area contributed by atoms with Crippen LogP contribution in [0.2, 0.25) is 0 Å². The molecule has 2 aromatic carbocycles. The molecule has 0 atom stereocenters. The van der Waals surface area contributed by atoms with E-state index in [1.54, 1.807) is 36.1 Å². The zero-order valence-electron chi connectivity index (χ0n) is 14.2. The summed E-state index contributed by atoms with van der Waals surface area (Å²) in [4.78, 5) is 37.3. The van der Waals surface area contributed by atoms with E-state index in [2.05, 4.69) is 10.6 Å². The van der Waals surface area contributed by atoms with Crippen LogP contribution in [0.5, 0.6) is 0 Å². The Morgan fingerprint density at radius 1 is 1.00 bits per heavy atom. The number of carbonyl (C=O) groups excluding carboxylic acids is 3. The molecule has 6 nitrogen and oxygen atoms in total. The van der Waals surface area contributed by atoms with Gasteiger partial charge in [0.15, 0.2) is 0 Å². The topological polar surface area (TPSA) is 78.5 Å². The number of benzene rings is 2. The SMILES string of the molecule is Cc1ccc(NC(=O)C(=O)Nc2ccc(N3CCCC3=O)cc2)cc1F. The van der Waals surface area contributed by atoms with E-state index < -0.39 is 17.6 Å². The van der Waals surface area contributed by atoms with Crippen LogP contribution in [-0.2, 0) is 14.4 Å². The number of aryl methyl sites for hydroxylation is 1. The predicted molar refractivity (Wildman–Crippen MR) is 96.4 cm³/mol. The average Bonchev–Trinajstić information content (AvgIpc) is 3.05. The zero-order chi connectivity index (χ0) is 18.7. The number of hydrogen-bond acceptors (Lipinski definition) is 3. The summed E-state index contributed by atoms with van der Waals surface area (Å²) in [5.74, 6) is -2.15. The standard InChI is InChI=1S/C19H18FN3O3/c1-12-4-5-14(11-16(12)20)22-19(26)18(25)21-13-6-8-15(9-7-13)23-10-2-3-17(23)24/h4-9,11H,2-3,10H2,1H3,(H,21,25)(H,22,26). The van der Waals surface area contributed by atoms with Gasteiger partial charge in [-0.3, -0.25) is 14.4 Å². The lowest BCUT2D eigenvalue weighted by atomic mass is 10.2. The Balaban J connectivity index is 1.61. The molecule has 1 aliphatic heterocycles. The fraction of sp³-hybridized carbons (Fsp3) is 0.211. The maximum Gasteiger partial charge on any atom is 0.314 e. The highest BCUT2D eigenvalue weighted by atomic mass is 19.1. The smallest absolute Gasteiger partial charge is 0.314 e. The molecule has 7 heteroatoms. The molecular weight excluding hydrogens is 337 g/mol. The zero-order valence-corrected chi connectivity index (χ0v) is 14.2. The van der Waals surface area contributed by atoms with E-state index in [1.165, 1.54) is 12.1 Å². The molecule has 3 amide bonds. The number of amides is 3. The average molecular weight is 355 g/mol. The fourth-order valence-corrected chi connectivity index (χ4v) is 2.69. The van der Waals surface area contributed by atoms with Crippen molar-refractivity contribution in [2.75, 3.05) is 22.1 Å². The first kappa shape index (κ1) is 17.6. The molecule has 0 unspecified atom stereocenters. The summed E-state index contributed by atoms with van der Waals surface area (Å²) in [7, 11) is 0. The van der Waals surface area contributed by atoms with E-state index in [0.29, 0.717) is 24.2 Å². The molecule has 0 aromatic heterocycles. The lowest BCUT2D eigenvalue weighted by molar-refractivity contribution is -0.133. The van der Waals surface area contributed by atoms with Gasteiger partial charge in [-0.1, -0.05) is 6.07 Å². The van der Waals surface area contributed by atoms with E-state index in [1.807, 2.05) is 0 Å². The van der Waals surface area contributed by atoms with Gasteiger partial charge in [0.2, 0.25) is 5.91 Å². The van der Waals surface area contributed by atoms with E-state index >= 15 is 0 Å². The van der Waals surface area contributed by atoms with Gasteiger partial charge in [0, 0.05) is 30.0 Å². The summed E-state index contributed by atoms with van der Waals surface area (Å²) in [5, 5.41) is 4.82. The first-order chi connectivity index (χ1) is 12.4. The monoisotopic (exact) mass is 355 g/mol. The molecule has 1 aliphatic rings. The highest BCUT2D eigenvalue weighted by Crippen LogP contribution is 2.23. The Hall–Kier alpha value is -3.22. The predicted octanol–water partition coefficient (Wildman–Crippen LogP) is 2.84. The van der Waals surface area contributed by atoms with Gasteiger partial charge in [0.05, 0.1) is 0 Å². The molecule has 134 valence electrons. The second-order valence-corrected chi connectivity index (χ2v) is 6.07. The van der Waals surface area contributed by atoms with E-state index in [-0.39, 0.29) is 11.6 Å². The summed E-state index contributed by atoms with van der Waals surface area (Å²) in [6.07, 6.45) is 1.37. The van der Waals surface area contributed by atoms with Crippen LogP contribution in [-0.4, -0.2) is 24.3 Å². The third kappa shape index (κ3) is 3.88. The Labute approximate surface area is 150 Å². The summed E-state index contributed by atoms with van der Waals surface area (Å²) in [6, 6.07) is 10.9. The number of rotatable bonds is 3. The normalized spacial score (nSPS) is 13.6. The third-order valence-electron chi connectivity index (χ3n) is 4.15. The van der Waals surface area contributed by atoms with Crippen LogP contribution >= 0.6 is 0 Å². The van der Waals surface area contributed by atoms with E-state index in [4.69, 9.17) is 0 Å². The number of nitrogens with zero attached hydrogens (tertiary/aromatic N) is 1. The number of hydrogen-bond donors (Lipinski definition) is 2. The van der Waals surface area contributed by atoms with Gasteiger partial charge < -0.3 is 15.5 Å². The van der Waals surface area contributed by atoms with Crippen LogP contribution in [0.25, 0.3) is 0 Å². The van der Waals surface area contributed by atoms with Crippen molar-refractivity contribution < 1.29 is 18.8 Å². The highest BCUT2D eigenvalue weighted by molar-refractivity contribution is 6.43. The van der Waals surface area contributed by atoms with Gasteiger partial charge in [-0.2, -0.15) is 0 Å². The number of carbonyl (C=O) groups is 3. The van der Waals surface area contributed by atoms with Crippen molar-refractivity contribution in [1.29, 1.82) is 0 Å². The first-order valence-corrected chi connectivity index (χ1v) is 8.23. The van der Waals surface area contributed by atoms with E-state index in [9.17, 15) is 18.8 Å². The second kappa shape index (κ2) is 7.35. The molecule has 1 fully saturated rings. The summed E-state index contributed by atoms with van der Waals surface area (Å²) in [6.45, 7) is 2.28. The highest BCUT2D eigenvalue weighted by Gasteiger charge is 2.21. The minimum absolute atomic E-state index is 0.0755. The molecule has 3 rings (SSSR count). The van der Waals surface area contributed by atoms with Crippen molar-refractivity contribution in [1.82, 2.24) is 0 Å². The third-order valence-corrected chi connectivity index (χ3v) is 4.15. The van der Waals surface area contributed by atoms with Crippen LogP contribution in [0.15, 0.2) is 42.5 Å². The molecule has 0 bridgehead atoms. The molecular formula is C19H18FN3O3. The van der Waals surface area contributed by atoms with Crippen molar-refractivity contribution >= 4 is 34.8 Å². The summed E-state index contributed by atoms with van der Waals surface area (Å²) in [5.41, 5.74) is 1.83. The quantitative estimate of drug-likeness (QED) is 0.831. The van der Waals surface area contributed by atoms with Crippen molar-refractivity contribution in [2.24, 2.45) is 0 Å². The minimum atomic E-state index is -0.896. The fourth-order valence-electron chi connectivity index (χ4n) is 2.69. The van der Waals surface area contributed by atoms with Gasteiger partial charge in [-0.05, 0) is 55.3 Å². The molecule has 0 aliphatic carbocycles. The Bertz CT molecular complexity index is 865. The molecule has 0 spiro atoms. The molecule has 26 heavy (non-hydrogen) atoms. The largest absolute Gasteiger partial charge is 0.318 e. The first-order valence-electron chi connectivity index (χ1n) is 8.23. The van der Waals surface area contributed by atoms with Crippen molar-refractivity contribution in [3.8, 4) is 0 Å². The van der Waals surface area contributed by atoms with Crippen LogP contribution in [0.3, 0.4) is 0 Å². The molecule has 0 radical (unpaired) electrons. The van der Waals surface area contributed by atoms with Gasteiger partial charge in [-0.25, -0.2) is 4.39 Å². The van der Waals surface area contributed by atoms with Gasteiger partial charge in [0.25, 0.3) is 0 Å². The van der Waals surface area contributed by atoms with Crippen LogP contribution in [0.4, 0.5) is 21.5 Å². The molecule has 1 saturated heterocycles. The number of anilines is 3. The van der Waals surface area contributed by atoms with E-state index in [0.717, 1.165) is 18.2 Å². The Kier molecular flexibility index (Phi) is 4.97. The lowest BCUT2D eigenvalue weighted by Gasteiger charge is -2.16. The van der Waals surface area contributed by atoms with Crippen LogP contribution in [0, 0.1) is 12.7 Å². The Morgan fingerprint density at radius 2 is 1.62 bits per heavy atom. The molecule has 1 heterocycles. The minimum Gasteiger partial charge on any atom is -0.318 e.